The van der Waals surface area contributed by atoms with Gasteiger partial charge < -0.3 is 15.5 Å². The number of hydrogen-bond acceptors (Lipinski definition) is 3. The highest BCUT2D eigenvalue weighted by Crippen LogP contribution is 2.26. The van der Waals surface area contributed by atoms with E-state index in [1.807, 2.05) is 0 Å². The zero-order valence-corrected chi connectivity index (χ0v) is 12.0. The molecule has 23 heavy (non-hydrogen) atoms. The zero-order valence-electron chi connectivity index (χ0n) is 12.0. The number of nitrogens with one attached hydrogen (secondary N) is 2. The van der Waals surface area contributed by atoms with Gasteiger partial charge in [0, 0.05) is 41.6 Å². The Morgan fingerprint density at radius 2 is 2.09 bits per heavy atom. The molecule has 6 heteroatoms. The maximum absolute atomic E-state index is 13.8. The van der Waals surface area contributed by atoms with Crippen molar-refractivity contribution < 1.29 is 13.9 Å². The van der Waals surface area contributed by atoms with Crippen LogP contribution < -0.4 is 0 Å². The summed E-state index contributed by atoms with van der Waals surface area (Å²) in [6, 6.07) is 7.34. The molecule has 0 atom stereocenters. The molecule has 0 bridgehead atoms. The standard InChI is InChI=1S/C17H13F2N3O/c18-14-5-1-3-10(15(14)19)7-11(8-20)16(23)13-9-22-17-12(13)4-2-6-21-17/h1-6,8-9,20,23H,7H2,(H,21,22)/b16-11-,20-8?. The Hall–Kier alpha value is -3.02. The number of aromatic amines is 1. The number of hydrogen-bond donors (Lipinski definition) is 3. The fourth-order valence-corrected chi connectivity index (χ4v) is 2.42. The lowest BCUT2D eigenvalue weighted by atomic mass is 10.0. The smallest absolute Gasteiger partial charge is 0.162 e. The number of halogens is 2. The van der Waals surface area contributed by atoms with Crippen LogP contribution in [0.25, 0.3) is 16.8 Å². The Morgan fingerprint density at radius 3 is 2.87 bits per heavy atom. The minimum atomic E-state index is -0.972. The number of nitrogens with zero attached hydrogens (tertiary/aromatic N) is 1. The van der Waals surface area contributed by atoms with Crippen LogP contribution in [0.3, 0.4) is 0 Å². The second-order valence-electron chi connectivity index (χ2n) is 5.01. The van der Waals surface area contributed by atoms with Gasteiger partial charge >= 0.3 is 0 Å². The molecule has 0 amide bonds. The molecule has 0 spiro atoms. The van der Waals surface area contributed by atoms with Crippen LogP contribution in [0.1, 0.15) is 11.1 Å². The van der Waals surface area contributed by atoms with E-state index in [0.717, 1.165) is 12.3 Å². The van der Waals surface area contributed by atoms with Crippen LogP contribution >= 0.6 is 0 Å². The van der Waals surface area contributed by atoms with E-state index in [-0.39, 0.29) is 23.3 Å². The van der Waals surface area contributed by atoms with E-state index in [0.29, 0.717) is 16.6 Å². The number of pyridine rings is 1. The lowest BCUT2D eigenvalue weighted by molar-refractivity contribution is 0.497. The minimum absolute atomic E-state index is 0.0769. The third-order valence-electron chi connectivity index (χ3n) is 3.60. The van der Waals surface area contributed by atoms with Gasteiger partial charge in [0.2, 0.25) is 0 Å². The third-order valence-corrected chi connectivity index (χ3v) is 3.60. The Labute approximate surface area is 130 Å². The number of rotatable bonds is 4. The van der Waals surface area contributed by atoms with Gasteiger partial charge in [-0.15, -0.1) is 0 Å². The predicted molar refractivity (Wildman–Crippen MR) is 84.5 cm³/mol. The summed E-state index contributed by atoms with van der Waals surface area (Å²) in [5.74, 6) is -2.09. The molecule has 0 aliphatic rings. The van der Waals surface area contributed by atoms with E-state index in [9.17, 15) is 13.9 Å². The monoisotopic (exact) mass is 313 g/mol. The summed E-state index contributed by atoms with van der Waals surface area (Å²) >= 11 is 0. The van der Waals surface area contributed by atoms with Crippen LogP contribution in [0.5, 0.6) is 0 Å². The lowest BCUT2D eigenvalue weighted by Gasteiger charge is -2.07. The van der Waals surface area contributed by atoms with Crippen molar-refractivity contribution in [3.63, 3.8) is 0 Å². The summed E-state index contributed by atoms with van der Waals surface area (Å²) < 4.78 is 27.1. The maximum Gasteiger partial charge on any atom is 0.162 e. The summed E-state index contributed by atoms with van der Waals surface area (Å²) in [6.07, 6.45) is 4.03. The first-order valence-corrected chi connectivity index (χ1v) is 6.89. The Morgan fingerprint density at radius 1 is 1.26 bits per heavy atom. The van der Waals surface area contributed by atoms with E-state index in [1.54, 1.807) is 24.5 Å². The molecule has 2 heterocycles. The van der Waals surface area contributed by atoms with Crippen molar-refractivity contribution in [1.29, 1.82) is 5.41 Å². The molecule has 0 aliphatic heterocycles. The van der Waals surface area contributed by atoms with Gasteiger partial charge in [0.25, 0.3) is 0 Å². The lowest BCUT2D eigenvalue weighted by Crippen LogP contribution is -2.01. The summed E-state index contributed by atoms with van der Waals surface area (Å²) in [4.78, 5) is 7.04. The zero-order chi connectivity index (χ0) is 16.4. The first kappa shape index (κ1) is 14.9. The van der Waals surface area contributed by atoms with Crippen molar-refractivity contribution in [3.05, 3.63) is 71.1 Å². The minimum Gasteiger partial charge on any atom is -0.507 e. The largest absolute Gasteiger partial charge is 0.507 e. The highest BCUT2D eigenvalue weighted by Gasteiger charge is 2.15. The first-order valence-electron chi connectivity index (χ1n) is 6.89. The second-order valence-corrected chi connectivity index (χ2v) is 5.01. The number of H-pyrrole nitrogens is 1. The molecule has 0 fully saturated rings. The van der Waals surface area contributed by atoms with Crippen LogP contribution in [0, 0.1) is 17.0 Å². The Bertz CT molecular complexity index is 915. The highest BCUT2D eigenvalue weighted by molar-refractivity contribution is 5.95. The summed E-state index contributed by atoms with van der Waals surface area (Å²) in [7, 11) is 0. The van der Waals surface area contributed by atoms with Gasteiger partial charge in [0.05, 0.1) is 0 Å². The van der Waals surface area contributed by atoms with E-state index in [2.05, 4.69) is 9.97 Å². The van der Waals surface area contributed by atoms with Crippen molar-refractivity contribution >= 4 is 23.0 Å². The van der Waals surface area contributed by atoms with Gasteiger partial charge in [0.15, 0.2) is 11.6 Å². The van der Waals surface area contributed by atoms with Crippen molar-refractivity contribution in [3.8, 4) is 0 Å². The third kappa shape index (κ3) is 2.70. The maximum atomic E-state index is 13.8. The van der Waals surface area contributed by atoms with Gasteiger partial charge in [0.1, 0.15) is 11.4 Å². The number of allylic oxidation sites excluding steroid dienone is 1. The summed E-state index contributed by atoms with van der Waals surface area (Å²) in [6.45, 7) is 0. The van der Waals surface area contributed by atoms with Gasteiger partial charge in [-0.1, -0.05) is 12.1 Å². The fourth-order valence-electron chi connectivity index (χ4n) is 2.42. The van der Waals surface area contributed by atoms with E-state index < -0.39 is 11.6 Å². The topological polar surface area (TPSA) is 72.8 Å². The molecule has 3 rings (SSSR count). The molecule has 116 valence electrons. The molecule has 2 aromatic heterocycles. The molecule has 3 aromatic rings. The van der Waals surface area contributed by atoms with E-state index >= 15 is 0 Å². The molecular formula is C17H13F2N3O. The second kappa shape index (κ2) is 6.00. The van der Waals surface area contributed by atoms with Crippen LogP contribution in [-0.4, -0.2) is 21.3 Å². The molecule has 1 aromatic carbocycles. The molecule has 0 saturated heterocycles. The normalized spacial score (nSPS) is 12.3. The van der Waals surface area contributed by atoms with Crippen LogP contribution in [-0.2, 0) is 6.42 Å². The number of aromatic nitrogens is 2. The van der Waals surface area contributed by atoms with Crippen molar-refractivity contribution in [2.45, 2.75) is 6.42 Å². The van der Waals surface area contributed by atoms with Gasteiger partial charge in [-0.25, -0.2) is 13.8 Å². The molecule has 3 N–H and O–H groups in total. The van der Waals surface area contributed by atoms with Crippen LogP contribution in [0.15, 0.2) is 48.3 Å². The van der Waals surface area contributed by atoms with Crippen LogP contribution in [0.2, 0.25) is 0 Å². The van der Waals surface area contributed by atoms with E-state index in [4.69, 9.17) is 5.41 Å². The van der Waals surface area contributed by atoms with Crippen molar-refractivity contribution in [2.75, 3.05) is 0 Å². The van der Waals surface area contributed by atoms with E-state index in [1.165, 1.54) is 12.1 Å². The summed E-state index contributed by atoms with van der Waals surface area (Å²) in [5, 5.41) is 18.6. The number of aliphatic hydroxyl groups is 1. The Balaban J connectivity index is 2.06. The number of fused-ring (bicyclic) bond motifs is 1. The predicted octanol–water partition coefficient (Wildman–Crippen LogP) is 4.00. The van der Waals surface area contributed by atoms with Gasteiger partial charge in [-0.3, -0.25) is 0 Å². The molecule has 0 unspecified atom stereocenters. The number of benzene rings is 1. The SMILES string of the molecule is N=C/C(Cc1cccc(F)c1F)=C(\O)c1c[nH]c2ncccc12. The number of aliphatic hydroxyl groups excluding tert-OH is 1. The molecule has 0 aliphatic carbocycles. The molecular weight excluding hydrogens is 300 g/mol. The quantitative estimate of drug-likeness (QED) is 0.503. The van der Waals surface area contributed by atoms with Gasteiger partial charge in [-0.2, -0.15) is 0 Å². The molecule has 0 radical (unpaired) electrons. The van der Waals surface area contributed by atoms with Crippen molar-refractivity contribution in [2.24, 2.45) is 0 Å². The summed E-state index contributed by atoms with van der Waals surface area (Å²) in [5.41, 5.74) is 1.31. The van der Waals surface area contributed by atoms with Gasteiger partial charge in [-0.05, 0) is 23.8 Å². The average Bonchev–Trinajstić information content (AvgIpc) is 2.99. The Kier molecular flexibility index (Phi) is 3.89. The molecule has 0 saturated carbocycles. The van der Waals surface area contributed by atoms with Crippen LogP contribution in [0.4, 0.5) is 8.78 Å². The molecule has 4 nitrogen and oxygen atoms in total. The first-order chi connectivity index (χ1) is 11.1. The van der Waals surface area contributed by atoms with Crippen molar-refractivity contribution in [1.82, 2.24) is 9.97 Å². The highest BCUT2D eigenvalue weighted by atomic mass is 19.2. The fraction of sp³-hybridized carbons (Fsp3) is 0.0588. The average molecular weight is 313 g/mol.